The molecule has 1 fully saturated rings. The average molecular weight is 242 g/mol. The molecule has 6 heteroatoms. The highest BCUT2D eigenvalue weighted by Gasteiger charge is 2.29. The van der Waals surface area contributed by atoms with Crippen LogP contribution in [-0.2, 0) is 10.0 Å². The van der Waals surface area contributed by atoms with Gasteiger partial charge in [-0.2, -0.15) is 4.31 Å². The first-order valence-electron chi connectivity index (χ1n) is 5.19. The van der Waals surface area contributed by atoms with E-state index in [0.29, 0.717) is 19.4 Å². The maximum absolute atomic E-state index is 12.1. The van der Waals surface area contributed by atoms with Gasteiger partial charge in [-0.25, -0.2) is 8.42 Å². The Labute approximate surface area is 94.8 Å². The molecule has 0 aliphatic carbocycles. The summed E-state index contributed by atoms with van der Waals surface area (Å²) < 4.78 is 25.5. The monoisotopic (exact) mass is 242 g/mol. The Morgan fingerprint density at radius 3 is 2.94 bits per heavy atom. The SMILES string of the molecule is O=S(=O)(c1cccnc1)N1CCC[C@H](O)C1. The molecule has 1 aromatic heterocycles. The number of hydrogen-bond donors (Lipinski definition) is 1. The zero-order chi connectivity index (χ0) is 11.6. The molecule has 0 amide bonds. The first-order valence-corrected chi connectivity index (χ1v) is 6.63. The molecule has 5 nitrogen and oxygen atoms in total. The van der Waals surface area contributed by atoms with E-state index in [2.05, 4.69) is 4.98 Å². The number of aliphatic hydroxyl groups excluding tert-OH is 1. The molecule has 0 spiro atoms. The summed E-state index contributed by atoms with van der Waals surface area (Å²) in [7, 11) is -3.48. The van der Waals surface area contributed by atoms with Crippen molar-refractivity contribution in [1.82, 2.24) is 9.29 Å². The Kier molecular flexibility index (Phi) is 3.22. The molecule has 0 aromatic carbocycles. The summed E-state index contributed by atoms with van der Waals surface area (Å²) in [5.74, 6) is 0. The van der Waals surface area contributed by atoms with Gasteiger partial charge in [0.05, 0.1) is 6.10 Å². The first-order chi connectivity index (χ1) is 7.60. The fourth-order valence-electron chi connectivity index (χ4n) is 1.79. The van der Waals surface area contributed by atoms with E-state index in [1.54, 1.807) is 6.07 Å². The molecule has 2 rings (SSSR count). The molecule has 1 saturated heterocycles. The third-order valence-corrected chi connectivity index (χ3v) is 4.48. The number of aliphatic hydroxyl groups is 1. The third kappa shape index (κ3) is 2.23. The highest BCUT2D eigenvalue weighted by Crippen LogP contribution is 2.19. The molecular weight excluding hydrogens is 228 g/mol. The second-order valence-electron chi connectivity index (χ2n) is 3.85. The van der Waals surface area contributed by atoms with Crippen LogP contribution in [0.5, 0.6) is 0 Å². The van der Waals surface area contributed by atoms with Crippen LogP contribution in [0.2, 0.25) is 0 Å². The smallest absolute Gasteiger partial charge is 0.244 e. The lowest BCUT2D eigenvalue weighted by atomic mass is 10.1. The highest BCUT2D eigenvalue weighted by molar-refractivity contribution is 7.89. The van der Waals surface area contributed by atoms with Crippen molar-refractivity contribution in [1.29, 1.82) is 0 Å². The summed E-state index contributed by atoms with van der Waals surface area (Å²) >= 11 is 0. The van der Waals surface area contributed by atoms with Crippen molar-refractivity contribution in [3.63, 3.8) is 0 Å². The Morgan fingerprint density at radius 2 is 2.31 bits per heavy atom. The third-order valence-electron chi connectivity index (χ3n) is 2.63. The Bertz CT molecular complexity index is 446. The molecule has 16 heavy (non-hydrogen) atoms. The van der Waals surface area contributed by atoms with E-state index in [0.717, 1.165) is 0 Å². The number of sulfonamides is 1. The summed E-state index contributed by atoms with van der Waals surface area (Å²) in [4.78, 5) is 3.98. The number of pyridine rings is 1. The second-order valence-corrected chi connectivity index (χ2v) is 5.79. The minimum atomic E-state index is -3.48. The van der Waals surface area contributed by atoms with Crippen molar-refractivity contribution in [3.8, 4) is 0 Å². The number of piperidine rings is 1. The van der Waals surface area contributed by atoms with Gasteiger partial charge in [-0.05, 0) is 25.0 Å². The van der Waals surface area contributed by atoms with Gasteiger partial charge in [-0.15, -0.1) is 0 Å². The van der Waals surface area contributed by atoms with Crippen molar-refractivity contribution in [3.05, 3.63) is 24.5 Å². The lowest BCUT2D eigenvalue weighted by Gasteiger charge is -2.29. The van der Waals surface area contributed by atoms with Crippen molar-refractivity contribution in [2.24, 2.45) is 0 Å². The largest absolute Gasteiger partial charge is 0.392 e. The summed E-state index contributed by atoms with van der Waals surface area (Å²) in [6, 6.07) is 3.11. The number of nitrogens with zero attached hydrogens (tertiary/aromatic N) is 2. The van der Waals surface area contributed by atoms with E-state index < -0.39 is 16.1 Å². The van der Waals surface area contributed by atoms with Crippen LogP contribution in [0.1, 0.15) is 12.8 Å². The molecular formula is C10H14N2O3S. The molecule has 1 atom stereocenters. The molecule has 2 heterocycles. The van der Waals surface area contributed by atoms with Crippen LogP contribution in [0.15, 0.2) is 29.4 Å². The van der Waals surface area contributed by atoms with E-state index in [-0.39, 0.29) is 11.4 Å². The minimum Gasteiger partial charge on any atom is -0.392 e. The van der Waals surface area contributed by atoms with E-state index >= 15 is 0 Å². The second kappa shape index (κ2) is 4.48. The van der Waals surface area contributed by atoms with E-state index in [4.69, 9.17) is 0 Å². The summed E-state index contributed by atoms with van der Waals surface area (Å²) in [6.07, 6.45) is 3.67. The van der Waals surface area contributed by atoms with Gasteiger partial charge in [-0.1, -0.05) is 0 Å². The van der Waals surface area contributed by atoms with Crippen LogP contribution in [0.25, 0.3) is 0 Å². The van der Waals surface area contributed by atoms with Gasteiger partial charge >= 0.3 is 0 Å². The Morgan fingerprint density at radius 1 is 1.50 bits per heavy atom. The number of rotatable bonds is 2. The van der Waals surface area contributed by atoms with E-state index in [9.17, 15) is 13.5 Å². The number of β-amino-alcohol motifs (C(OH)–C–C–N with tert-alkyl or cyclic N) is 1. The molecule has 1 N–H and O–H groups in total. The van der Waals surface area contributed by atoms with E-state index in [1.165, 1.54) is 22.8 Å². The molecule has 0 saturated carbocycles. The summed E-state index contributed by atoms with van der Waals surface area (Å²) in [5, 5.41) is 9.47. The van der Waals surface area contributed by atoms with Gasteiger partial charge in [-0.3, -0.25) is 4.98 Å². The quantitative estimate of drug-likeness (QED) is 0.805. The zero-order valence-corrected chi connectivity index (χ0v) is 9.60. The van der Waals surface area contributed by atoms with Crippen LogP contribution >= 0.6 is 0 Å². The molecule has 0 unspecified atom stereocenters. The molecule has 1 aliphatic heterocycles. The van der Waals surface area contributed by atoms with Gasteiger partial charge in [0.1, 0.15) is 4.90 Å². The van der Waals surface area contributed by atoms with Gasteiger partial charge in [0, 0.05) is 25.5 Å². The predicted octanol–water partition coefficient (Wildman–Crippen LogP) is 0.227. The van der Waals surface area contributed by atoms with Crippen LogP contribution in [-0.4, -0.2) is 42.0 Å². The average Bonchev–Trinajstić information content (AvgIpc) is 2.30. The standard InChI is InChI=1S/C10H14N2O3S/c13-9-3-2-6-12(8-9)16(14,15)10-4-1-5-11-7-10/h1,4-5,7,9,13H,2-3,6,8H2/t9-/m0/s1. The van der Waals surface area contributed by atoms with Crippen LogP contribution < -0.4 is 0 Å². The van der Waals surface area contributed by atoms with Crippen molar-refractivity contribution in [2.45, 2.75) is 23.8 Å². The molecule has 1 aliphatic rings. The fourth-order valence-corrected chi connectivity index (χ4v) is 3.27. The lowest BCUT2D eigenvalue weighted by molar-refractivity contribution is 0.108. The van der Waals surface area contributed by atoms with Gasteiger partial charge < -0.3 is 5.11 Å². The highest BCUT2D eigenvalue weighted by atomic mass is 32.2. The fraction of sp³-hybridized carbons (Fsp3) is 0.500. The molecule has 0 bridgehead atoms. The van der Waals surface area contributed by atoms with Crippen LogP contribution in [0.4, 0.5) is 0 Å². The topological polar surface area (TPSA) is 70.5 Å². The van der Waals surface area contributed by atoms with Gasteiger partial charge in [0.2, 0.25) is 10.0 Å². The Hall–Kier alpha value is -0.980. The van der Waals surface area contributed by atoms with Gasteiger partial charge in [0.25, 0.3) is 0 Å². The maximum Gasteiger partial charge on any atom is 0.244 e. The van der Waals surface area contributed by atoms with Crippen molar-refractivity contribution >= 4 is 10.0 Å². The lowest BCUT2D eigenvalue weighted by Crippen LogP contribution is -2.42. The summed E-state index contributed by atoms with van der Waals surface area (Å²) in [6.45, 7) is 0.644. The predicted molar refractivity (Wildman–Crippen MR) is 58.2 cm³/mol. The van der Waals surface area contributed by atoms with E-state index in [1.807, 2.05) is 0 Å². The Balaban J connectivity index is 2.26. The minimum absolute atomic E-state index is 0.178. The molecule has 1 aromatic rings. The normalized spacial score (nSPS) is 23.2. The van der Waals surface area contributed by atoms with Gasteiger partial charge in [0.15, 0.2) is 0 Å². The maximum atomic E-state index is 12.1. The summed E-state index contributed by atoms with van der Waals surface area (Å²) in [5.41, 5.74) is 0. The van der Waals surface area contributed by atoms with Crippen molar-refractivity contribution in [2.75, 3.05) is 13.1 Å². The first kappa shape index (κ1) is 11.5. The van der Waals surface area contributed by atoms with Crippen LogP contribution in [0, 0.1) is 0 Å². The zero-order valence-electron chi connectivity index (χ0n) is 8.78. The molecule has 88 valence electrons. The van der Waals surface area contributed by atoms with Crippen molar-refractivity contribution < 1.29 is 13.5 Å². The number of aromatic nitrogens is 1. The van der Waals surface area contributed by atoms with Crippen LogP contribution in [0.3, 0.4) is 0 Å². The molecule has 0 radical (unpaired) electrons. The number of hydrogen-bond acceptors (Lipinski definition) is 4.